The van der Waals surface area contributed by atoms with Gasteiger partial charge in [0.1, 0.15) is 24.9 Å². The molecular weight excluding hydrogens is 578 g/mol. The van der Waals surface area contributed by atoms with Crippen molar-refractivity contribution in [1.82, 2.24) is 9.97 Å². The topological polar surface area (TPSA) is 154 Å². The van der Waals surface area contributed by atoms with Crippen LogP contribution in [0.4, 0.5) is 14.6 Å². The molecule has 0 amide bonds. The molecule has 15 heteroatoms. The lowest BCUT2D eigenvalue weighted by Crippen LogP contribution is -2.30. The van der Waals surface area contributed by atoms with Crippen LogP contribution in [-0.4, -0.2) is 54.6 Å². The SMILES string of the molecule is NS(=O)(=O)OC[C@H]1C[C@@H](Nc2ncncc2C(=O)c2cc(C3OCC(F)(F)c4ccc(Cl)cc43)cs2)C[C@@H]1O. The number of aromatic nitrogens is 2. The molecule has 1 saturated carbocycles. The zero-order valence-electron chi connectivity index (χ0n) is 20.1. The molecule has 10 nitrogen and oxygen atoms in total. The van der Waals surface area contributed by atoms with Gasteiger partial charge in [-0.05, 0) is 47.5 Å². The van der Waals surface area contributed by atoms with Crippen molar-refractivity contribution in [3.63, 3.8) is 0 Å². The third kappa shape index (κ3) is 6.11. The van der Waals surface area contributed by atoms with E-state index in [1.807, 2.05) is 0 Å². The number of rotatable bonds is 8. The Bertz CT molecular complexity index is 1510. The molecule has 3 aromatic rings. The van der Waals surface area contributed by atoms with E-state index in [-0.39, 0.29) is 41.6 Å². The Morgan fingerprint density at radius 2 is 2.13 bits per heavy atom. The molecule has 0 spiro atoms. The Labute approximate surface area is 231 Å². The maximum atomic E-state index is 14.4. The minimum atomic E-state index is -4.14. The van der Waals surface area contributed by atoms with E-state index in [1.54, 1.807) is 11.4 Å². The second kappa shape index (κ2) is 10.8. The molecule has 4 atom stereocenters. The Morgan fingerprint density at radius 1 is 1.33 bits per heavy atom. The van der Waals surface area contributed by atoms with Gasteiger partial charge in [-0.1, -0.05) is 17.7 Å². The summed E-state index contributed by atoms with van der Waals surface area (Å²) >= 11 is 7.20. The molecule has 2 aromatic heterocycles. The number of ether oxygens (including phenoxy) is 1. The number of anilines is 1. The first-order valence-corrected chi connectivity index (χ1v) is 14.5. The first-order valence-electron chi connectivity index (χ1n) is 11.8. The van der Waals surface area contributed by atoms with Crippen molar-refractivity contribution in [2.75, 3.05) is 18.5 Å². The maximum absolute atomic E-state index is 14.4. The molecule has 1 fully saturated rings. The number of hydrogen-bond acceptors (Lipinski definition) is 10. The fraction of sp³-hybridized carbons (Fsp3) is 0.375. The van der Waals surface area contributed by atoms with Crippen LogP contribution in [0.15, 0.2) is 42.2 Å². The van der Waals surface area contributed by atoms with Crippen LogP contribution >= 0.6 is 22.9 Å². The number of nitrogens with one attached hydrogen (secondary N) is 1. The van der Waals surface area contributed by atoms with E-state index < -0.39 is 46.7 Å². The molecule has 3 heterocycles. The van der Waals surface area contributed by atoms with Gasteiger partial charge in [-0.2, -0.15) is 17.2 Å². The molecule has 4 N–H and O–H groups in total. The maximum Gasteiger partial charge on any atom is 0.333 e. The van der Waals surface area contributed by atoms with Gasteiger partial charge in [0.05, 0.1) is 23.2 Å². The van der Waals surface area contributed by atoms with Crippen LogP contribution in [0, 0.1) is 5.92 Å². The monoisotopic (exact) mass is 600 g/mol. The van der Waals surface area contributed by atoms with Gasteiger partial charge in [0, 0.05) is 28.7 Å². The van der Waals surface area contributed by atoms with E-state index in [2.05, 4.69) is 19.5 Å². The van der Waals surface area contributed by atoms with Crippen molar-refractivity contribution in [3.8, 4) is 0 Å². The number of aliphatic hydroxyl groups excluding tert-OH is 1. The van der Waals surface area contributed by atoms with Crippen LogP contribution in [-0.2, 0) is 25.1 Å². The summed E-state index contributed by atoms with van der Waals surface area (Å²) in [5.41, 5.74) is 0.771. The fourth-order valence-electron chi connectivity index (χ4n) is 4.84. The third-order valence-corrected chi connectivity index (χ3v) is 8.32. The molecule has 5 rings (SSSR count). The van der Waals surface area contributed by atoms with Crippen LogP contribution in [0.2, 0.25) is 5.02 Å². The molecule has 208 valence electrons. The quantitative estimate of drug-likeness (QED) is 0.330. The predicted molar refractivity (Wildman–Crippen MR) is 138 cm³/mol. The molecule has 39 heavy (non-hydrogen) atoms. The number of thiophene rings is 1. The molecule has 2 aliphatic rings. The summed E-state index contributed by atoms with van der Waals surface area (Å²) in [6, 6.07) is 5.40. The summed E-state index contributed by atoms with van der Waals surface area (Å²) < 4.78 is 61.2. The summed E-state index contributed by atoms with van der Waals surface area (Å²) in [6.07, 6.45) is 1.58. The van der Waals surface area contributed by atoms with E-state index in [9.17, 15) is 27.1 Å². The van der Waals surface area contributed by atoms with Crippen molar-refractivity contribution in [3.05, 3.63) is 74.3 Å². The number of benzene rings is 1. The first-order chi connectivity index (χ1) is 18.4. The highest BCUT2D eigenvalue weighted by atomic mass is 35.5. The molecule has 1 aliphatic heterocycles. The molecule has 1 aliphatic carbocycles. The van der Waals surface area contributed by atoms with Gasteiger partial charge in [0.25, 0.3) is 5.92 Å². The van der Waals surface area contributed by atoms with Crippen LogP contribution in [0.3, 0.4) is 0 Å². The van der Waals surface area contributed by atoms with Gasteiger partial charge in [-0.3, -0.25) is 8.98 Å². The van der Waals surface area contributed by atoms with Crippen molar-refractivity contribution in [2.24, 2.45) is 11.1 Å². The fourth-order valence-corrected chi connectivity index (χ4v) is 6.26. The van der Waals surface area contributed by atoms with Gasteiger partial charge in [-0.25, -0.2) is 15.1 Å². The Hall–Kier alpha value is -2.59. The van der Waals surface area contributed by atoms with E-state index in [4.69, 9.17) is 21.5 Å². The van der Waals surface area contributed by atoms with E-state index in [0.717, 1.165) is 11.3 Å². The number of carbonyl (C=O) groups is 1. The summed E-state index contributed by atoms with van der Waals surface area (Å²) in [5.74, 6) is -3.80. The average Bonchev–Trinajstić information content (AvgIpc) is 3.49. The second-order valence-corrected chi connectivity index (χ2v) is 12.0. The Balaban J connectivity index is 1.34. The van der Waals surface area contributed by atoms with Crippen LogP contribution in [0.25, 0.3) is 0 Å². The number of nitrogens with zero attached hydrogens (tertiary/aromatic N) is 2. The van der Waals surface area contributed by atoms with Crippen molar-refractivity contribution >= 4 is 44.8 Å². The smallest absolute Gasteiger partial charge is 0.333 e. The van der Waals surface area contributed by atoms with Gasteiger partial charge < -0.3 is 15.2 Å². The van der Waals surface area contributed by atoms with Gasteiger partial charge in [0.15, 0.2) is 0 Å². The number of halogens is 3. The molecule has 0 saturated heterocycles. The van der Waals surface area contributed by atoms with Gasteiger partial charge >= 0.3 is 10.3 Å². The number of carbonyl (C=O) groups excluding carboxylic acids is 1. The number of nitrogens with two attached hydrogens (primary N) is 1. The Kier molecular flexibility index (Phi) is 7.72. The van der Waals surface area contributed by atoms with Gasteiger partial charge in [-0.15, -0.1) is 11.3 Å². The zero-order valence-corrected chi connectivity index (χ0v) is 22.5. The minimum Gasteiger partial charge on any atom is -0.393 e. The largest absolute Gasteiger partial charge is 0.393 e. The summed E-state index contributed by atoms with van der Waals surface area (Å²) in [7, 11) is -4.14. The van der Waals surface area contributed by atoms with Crippen LogP contribution in [0.5, 0.6) is 0 Å². The highest BCUT2D eigenvalue weighted by Gasteiger charge is 2.42. The number of hydrogen-bond donors (Lipinski definition) is 3. The van der Waals surface area contributed by atoms with E-state index in [1.165, 1.54) is 30.7 Å². The molecule has 0 radical (unpaired) electrons. The van der Waals surface area contributed by atoms with Crippen LogP contribution in [0.1, 0.15) is 50.9 Å². The number of ketones is 1. The highest BCUT2D eigenvalue weighted by molar-refractivity contribution is 7.84. The summed E-state index contributed by atoms with van der Waals surface area (Å²) in [4.78, 5) is 21.9. The highest BCUT2D eigenvalue weighted by Crippen LogP contribution is 2.44. The molecule has 1 aromatic carbocycles. The average molecular weight is 601 g/mol. The van der Waals surface area contributed by atoms with Crippen LogP contribution < -0.4 is 10.5 Å². The van der Waals surface area contributed by atoms with Crippen molar-refractivity contribution in [1.29, 1.82) is 0 Å². The number of fused-ring (bicyclic) bond motifs is 1. The molecule has 0 bridgehead atoms. The van der Waals surface area contributed by atoms with Crippen molar-refractivity contribution in [2.45, 2.75) is 37.0 Å². The number of alkyl halides is 2. The zero-order chi connectivity index (χ0) is 27.9. The first kappa shape index (κ1) is 28.0. The summed E-state index contributed by atoms with van der Waals surface area (Å²) in [6.45, 7) is -1.07. The lowest BCUT2D eigenvalue weighted by molar-refractivity contribution is -0.115. The minimum absolute atomic E-state index is 0.170. The molecule has 1 unspecified atom stereocenters. The summed E-state index contributed by atoms with van der Waals surface area (Å²) in [5, 5.41) is 20.3. The standard InChI is InChI=1S/C24H23ClF2N4O6S2/c25-14-1-2-18-16(5-14)22(36-10-24(18,26)27)13-4-20(38-9-13)21(33)17-7-29-11-30-23(17)31-15-3-12(19(32)6-15)8-37-39(28,34)35/h1-2,4-5,7,9,11-12,15,19,22,32H,3,6,8,10H2,(H2,28,34,35)(H,29,30,31)/t12-,15-,19+,22?/m1/s1. The molecular formula is C24H23ClF2N4O6S2. The third-order valence-electron chi connectivity index (χ3n) is 6.67. The lowest BCUT2D eigenvalue weighted by atomic mass is 9.92. The van der Waals surface area contributed by atoms with Crippen molar-refractivity contribution < 1.29 is 36.0 Å². The number of aliphatic hydroxyl groups is 1. The normalized spacial score (nSPS) is 24.3. The van der Waals surface area contributed by atoms with E-state index in [0.29, 0.717) is 21.9 Å². The van der Waals surface area contributed by atoms with Gasteiger partial charge in [0.2, 0.25) is 5.78 Å². The second-order valence-electron chi connectivity index (χ2n) is 9.40. The Morgan fingerprint density at radius 3 is 2.90 bits per heavy atom. The van der Waals surface area contributed by atoms with E-state index >= 15 is 0 Å². The lowest BCUT2D eigenvalue weighted by Gasteiger charge is -2.31. The predicted octanol–water partition coefficient (Wildman–Crippen LogP) is 3.41.